The number of primary sulfonamides is 1. The van der Waals surface area contributed by atoms with Crippen LogP contribution in [0, 0.1) is 0 Å². The van der Waals surface area contributed by atoms with E-state index in [0.717, 1.165) is 25.9 Å². The molecule has 0 aliphatic carbocycles. The number of carbonyl (C=O) groups is 1. The van der Waals surface area contributed by atoms with Crippen molar-refractivity contribution in [3.05, 3.63) is 50.6 Å². The number of hydrogen-bond donors (Lipinski definition) is 2. The largest absolute Gasteiger partial charge is 0.350 e. The molecule has 2 heterocycles. The molecule has 1 saturated heterocycles. The van der Waals surface area contributed by atoms with E-state index in [2.05, 4.69) is 32.2 Å². The highest BCUT2D eigenvalue weighted by atomic mass is 79.9. The molecule has 3 N–H and O–H groups in total. The summed E-state index contributed by atoms with van der Waals surface area (Å²) in [5.41, 5.74) is 0.253. The Labute approximate surface area is 165 Å². The van der Waals surface area contributed by atoms with E-state index in [4.69, 9.17) is 5.14 Å². The summed E-state index contributed by atoms with van der Waals surface area (Å²) in [6.45, 7) is 2.50. The van der Waals surface area contributed by atoms with Gasteiger partial charge in [0.25, 0.3) is 5.91 Å². The van der Waals surface area contributed by atoms with Gasteiger partial charge >= 0.3 is 0 Å². The number of amides is 1. The molecule has 1 aromatic heterocycles. The van der Waals surface area contributed by atoms with Gasteiger partial charge in [-0.05, 0) is 71.5 Å². The first kappa shape index (κ1) is 19.5. The molecule has 1 fully saturated rings. The molecule has 2 aromatic rings. The summed E-state index contributed by atoms with van der Waals surface area (Å²) in [6, 6.07) is 8.40. The first-order valence-corrected chi connectivity index (χ1v) is 11.5. The molecule has 0 saturated carbocycles. The van der Waals surface area contributed by atoms with E-state index in [-0.39, 0.29) is 22.4 Å². The first-order chi connectivity index (χ1) is 12.4. The Balaban J connectivity index is 1.76. The van der Waals surface area contributed by atoms with E-state index in [1.54, 1.807) is 11.3 Å². The molecule has 0 spiro atoms. The van der Waals surface area contributed by atoms with E-state index in [0.29, 0.717) is 11.0 Å². The van der Waals surface area contributed by atoms with Crippen LogP contribution >= 0.6 is 27.3 Å². The first-order valence-electron chi connectivity index (χ1n) is 8.24. The van der Waals surface area contributed by atoms with Crippen LogP contribution < -0.4 is 10.5 Å². The Hall–Kier alpha value is -1.26. The van der Waals surface area contributed by atoms with Gasteiger partial charge in [0, 0.05) is 15.9 Å². The number of thiophene rings is 1. The van der Waals surface area contributed by atoms with Gasteiger partial charge in [0.15, 0.2) is 0 Å². The van der Waals surface area contributed by atoms with Crippen LogP contribution in [-0.4, -0.2) is 38.9 Å². The van der Waals surface area contributed by atoms with Crippen molar-refractivity contribution < 1.29 is 13.2 Å². The number of rotatable bonds is 6. The smallest absolute Gasteiger partial charge is 0.252 e. The zero-order valence-electron chi connectivity index (χ0n) is 14.0. The van der Waals surface area contributed by atoms with Crippen molar-refractivity contribution in [2.45, 2.75) is 23.8 Å². The Morgan fingerprint density at radius 3 is 2.65 bits per heavy atom. The number of nitrogens with one attached hydrogen (secondary N) is 1. The Morgan fingerprint density at radius 1 is 1.31 bits per heavy atom. The normalized spacial score (nSPS) is 16.5. The topological polar surface area (TPSA) is 92.5 Å². The Kier molecular flexibility index (Phi) is 6.13. The average molecular weight is 458 g/mol. The third kappa shape index (κ3) is 4.52. The van der Waals surface area contributed by atoms with Crippen LogP contribution in [0.2, 0.25) is 0 Å². The molecule has 1 aliphatic rings. The number of nitrogens with zero attached hydrogens (tertiary/aromatic N) is 1. The van der Waals surface area contributed by atoms with Crippen LogP contribution in [0.1, 0.15) is 34.1 Å². The van der Waals surface area contributed by atoms with Crippen LogP contribution in [0.4, 0.5) is 0 Å². The summed E-state index contributed by atoms with van der Waals surface area (Å²) in [4.78, 5) is 16.1. The van der Waals surface area contributed by atoms with Gasteiger partial charge < -0.3 is 5.32 Å². The SMILES string of the molecule is NS(=O)(=O)c1ccc(Br)c(C(=O)NCC(c2cccs2)N2CCCC2)c1. The van der Waals surface area contributed by atoms with Gasteiger partial charge in [-0.15, -0.1) is 11.3 Å². The lowest BCUT2D eigenvalue weighted by Gasteiger charge is -2.27. The lowest BCUT2D eigenvalue weighted by molar-refractivity contribution is 0.0937. The molecule has 1 unspecified atom stereocenters. The second-order valence-corrected chi connectivity index (χ2v) is 9.57. The zero-order chi connectivity index (χ0) is 18.7. The van der Waals surface area contributed by atoms with Crippen LogP contribution in [0.3, 0.4) is 0 Å². The number of benzene rings is 1. The molecule has 0 bridgehead atoms. The monoisotopic (exact) mass is 457 g/mol. The number of sulfonamides is 1. The molecule has 140 valence electrons. The van der Waals surface area contributed by atoms with Crippen molar-refractivity contribution in [3.8, 4) is 0 Å². The Bertz CT molecular complexity index is 879. The molecule has 1 atom stereocenters. The lowest BCUT2D eigenvalue weighted by Crippen LogP contribution is -2.36. The number of nitrogens with two attached hydrogens (primary N) is 1. The summed E-state index contributed by atoms with van der Waals surface area (Å²) in [5, 5.41) is 10.1. The molecule has 1 amide bonds. The molecule has 6 nitrogen and oxygen atoms in total. The molecule has 26 heavy (non-hydrogen) atoms. The molecular formula is C17H20BrN3O3S2. The third-order valence-corrected chi connectivity index (χ3v) is 7.00. The van der Waals surface area contributed by atoms with Gasteiger partial charge in [-0.1, -0.05) is 6.07 Å². The molecule has 0 radical (unpaired) electrons. The zero-order valence-corrected chi connectivity index (χ0v) is 17.2. The summed E-state index contributed by atoms with van der Waals surface area (Å²) >= 11 is 4.98. The fourth-order valence-corrected chi connectivity index (χ4v) is 4.91. The minimum absolute atomic E-state index is 0.0831. The van der Waals surface area contributed by atoms with Crippen molar-refractivity contribution in [3.63, 3.8) is 0 Å². The molecule has 9 heteroatoms. The van der Waals surface area contributed by atoms with Crippen molar-refractivity contribution in [2.75, 3.05) is 19.6 Å². The summed E-state index contributed by atoms with van der Waals surface area (Å²) in [6.07, 6.45) is 2.33. The molecule has 3 rings (SSSR count). The van der Waals surface area contributed by atoms with Crippen molar-refractivity contribution in [1.82, 2.24) is 10.2 Å². The minimum atomic E-state index is -3.86. The second-order valence-electron chi connectivity index (χ2n) is 6.17. The molecule has 1 aliphatic heterocycles. The maximum Gasteiger partial charge on any atom is 0.252 e. The van der Waals surface area contributed by atoms with E-state index >= 15 is 0 Å². The van der Waals surface area contributed by atoms with Gasteiger partial charge in [0.1, 0.15) is 0 Å². The quantitative estimate of drug-likeness (QED) is 0.697. The van der Waals surface area contributed by atoms with Gasteiger partial charge in [-0.3, -0.25) is 9.69 Å². The predicted molar refractivity (Wildman–Crippen MR) is 106 cm³/mol. The highest BCUT2D eigenvalue weighted by Gasteiger charge is 2.25. The van der Waals surface area contributed by atoms with Gasteiger partial charge in [-0.25, -0.2) is 13.6 Å². The van der Waals surface area contributed by atoms with E-state index in [1.165, 1.54) is 23.1 Å². The highest BCUT2D eigenvalue weighted by Crippen LogP contribution is 2.28. The van der Waals surface area contributed by atoms with Crippen LogP contribution in [0.25, 0.3) is 0 Å². The number of halogens is 1. The lowest BCUT2D eigenvalue weighted by atomic mass is 10.2. The van der Waals surface area contributed by atoms with E-state index in [9.17, 15) is 13.2 Å². The van der Waals surface area contributed by atoms with Gasteiger partial charge in [0.2, 0.25) is 10.0 Å². The number of hydrogen-bond acceptors (Lipinski definition) is 5. The second kappa shape index (κ2) is 8.18. The van der Waals surface area contributed by atoms with Gasteiger partial charge in [-0.2, -0.15) is 0 Å². The van der Waals surface area contributed by atoms with Crippen LogP contribution in [0.15, 0.2) is 45.1 Å². The fourth-order valence-electron chi connectivity index (χ4n) is 3.08. The van der Waals surface area contributed by atoms with E-state index < -0.39 is 10.0 Å². The van der Waals surface area contributed by atoms with Crippen LogP contribution in [0.5, 0.6) is 0 Å². The maximum absolute atomic E-state index is 12.6. The minimum Gasteiger partial charge on any atom is -0.350 e. The summed E-state index contributed by atoms with van der Waals surface area (Å²) in [5.74, 6) is -0.330. The Morgan fingerprint density at radius 2 is 2.04 bits per heavy atom. The van der Waals surface area contributed by atoms with E-state index in [1.807, 2.05) is 11.4 Å². The van der Waals surface area contributed by atoms with Crippen molar-refractivity contribution >= 4 is 43.2 Å². The number of carbonyl (C=O) groups excluding carboxylic acids is 1. The number of likely N-dealkylation sites (tertiary alicyclic amines) is 1. The third-order valence-electron chi connectivity index (χ3n) is 4.42. The summed E-state index contributed by atoms with van der Waals surface area (Å²) in [7, 11) is -3.86. The van der Waals surface area contributed by atoms with Crippen LogP contribution in [-0.2, 0) is 10.0 Å². The summed E-state index contributed by atoms with van der Waals surface area (Å²) < 4.78 is 23.6. The molecular weight excluding hydrogens is 438 g/mol. The molecule has 1 aromatic carbocycles. The van der Waals surface area contributed by atoms with Gasteiger partial charge in [0.05, 0.1) is 16.5 Å². The highest BCUT2D eigenvalue weighted by molar-refractivity contribution is 9.10. The predicted octanol–water partition coefficient (Wildman–Crippen LogP) is 2.72. The van der Waals surface area contributed by atoms with Crippen molar-refractivity contribution in [1.29, 1.82) is 0 Å². The van der Waals surface area contributed by atoms with Crippen molar-refractivity contribution in [2.24, 2.45) is 5.14 Å². The standard InChI is InChI=1S/C17H20BrN3O3S2/c18-14-6-5-12(26(19,23)24)10-13(14)17(22)20-11-15(16-4-3-9-25-16)21-7-1-2-8-21/h3-6,9-10,15H,1-2,7-8,11H2,(H,20,22)(H2,19,23,24). The maximum atomic E-state index is 12.6. The fraction of sp³-hybridized carbons (Fsp3) is 0.353. The average Bonchev–Trinajstić information content (AvgIpc) is 3.28.